The van der Waals surface area contributed by atoms with Crippen LogP contribution in [0.3, 0.4) is 0 Å². The lowest BCUT2D eigenvalue weighted by Crippen LogP contribution is -2.39. The van der Waals surface area contributed by atoms with E-state index in [1.807, 2.05) is 6.92 Å². The highest BCUT2D eigenvalue weighted by Crippen LogP contribution is 2.32. The second-order valence-corrected chi connectivity index (χ2v) is 6.86. The molecular weight excluding hydrogens is 375 g/mol. The smallest absolute Gasteiger partial charge is 0.296 e. The summed E-state index contributed by atoms with van der Waals surface area (Å²) in [4.78, 5) is 25.3. The van der Waals surface area contributed by atoms with Gasteiger partial charge in [-0.05, 0) is 36.6 Å². The van der Waals surface area contributed by atoms with Gasteiger partial charge in [0.05, 0.1) is 16.0 Å². The van der Waals surface area contributed by atoms with Crippen LogP contribution in [-0.4, -0.2) is 31.9 Å². The predicted octanol–water partition coefficient (Wildman–Crippen LogP) is 3.79. The van der Waals surface area contributed by atoms with E-state index in [0.29, 0.717) is 13.0 Å². The molecule has 7 nitrogen and oxygen atoms in total. The molecule has 0 saturated heterocycles. The number of nitrogens with zero attached hydrogens (tertiary/aromatic N) is 4. The van der Waals surface area contributed by atoms with Crippen LogP contribution in [0.4, 0.5) is 10.1 Å². The number of fused-ring (bicyclic) bond motifs is 2. The highest BCUT2D eigenvalue weighted by Gasteiger charge is 2.30. The zero-order chi connectivity index (χ0) is 19.3. The van der Waals surface area contributed by atoms with Gasteiger partial charge in [-0.2, -0.15) is 5.10 Å². The second-order valence-electron chi connectivity index (χ2n) is 6.43. The third-order valence-electron chi connectivity index (χ3n) is 4.84. The molecule has 0 N–H and O–H groups in total. The Balaban J connectivity index is 1.73. The number of benzene rings is 1. The van der Waals surface area contributed by atoms with E-state index in [2.05, 4.69) is 5.10 Å². The lowest BCUT2D eigenvalue weighted by atomic mass is 9.93. The van der Waals surface area contributed by atoms with Crippen molar-refractivity contribution >= 4 is 28.7 Å². The van der Waals surface area contributed by atoms with Gasteiger partial charge in [-0.1, -0.05) is 17.7 Å². The van der Waals surface area contributed by atoms with Crippen molar-refractivity contribution in [2.45, 2.75) is 19.4 Å². The van der Waals surface area contributed by atoms with Gasteiger partial charge in [0.2, 0.25) is 0 Å². The highest BCUT2D eigenvalue weighted by atomic mass is 35.5. The number of pyridine rings is 1. The van der Waals surface area contributed by atoms with Crippen molar-refractivity contribution in [3.63, 3.8) is 0 Å². The largest absolute Gasteiger partial charge is 0.330 e. The van der Waals surface area contributed by atoms with Gasteiger partial charge in [-0.25, -0.2) is 8.91 Å². The van der Waals surface area contributed by atoms with Gasteiger partial charge in [0.15, 0.2) is 5.69 Å². The molecule has 1 atom stereocenters. The zero-order valence-corrected chi connectivity index (χ0v) is 15.0. The summed E-state index contributed by atoms with van der Waals surface area (Å²) in [6.45, 7) is 2.28. The fourth-order valence-corrected chi connectivity index (χ4v) is 3.70. The first-order valence-corrected chi connectivity index (χ1v) is 8.65. The third-order valence-corrected chi connectivity index (χ3v) is 5.05. The number of carbonyl (C=O) groups excluding carboxylic acids is 1. The van der Waals surface area contributed by atoms with Crippen LogP contribution in [0, 0.1) is 15.9 Å². The van der Waals surface area contributed by atoms with E-state index in [9.17, 15) is 19.3 Å². The Labute approximate surface area is 158 Å². The van der Waals surface area contributed by atoms with Crippen LogP contribution in [0.5, 0.6) is 0 Å². The van der Waals surface area contributed by atoms with Crippen molar-refractivity contribution in [1.29, 1.82) is 0 Å². The Bertz CT molecular complexity index is 1100. The summed E-state index contributed by atoms with van der Waals surface area (Å²) >= 11 is 5.90. The van der Waals surface area contributed by atoms with Gasteiger partial charge < -0.3 is 4.90 Å². The van der Waals surface area contributed by atoms with Crippen LogP contribution in [0.2, 0.25) is 5.02 Å². The Morgan fingerprint density at radius 2 is 2.15 bits per heavy atom. The molecule has 1 aliphatic rings. The molecule has 27 heavy (non-hydrogen) atoms. The van der Waals surface area contributed by atoms with Gasteiger partial charge in [-0.15, -0.1) is 0 Å². The molecular formula is C18H14ClFN4O3. The van der Waals surface area contributed by atoms with E-state index in [0.717, 1.165) is 11.1 Å². The lowest BCUT2D eigenvalue weighted by molar-refractivity contribution is -0.383. The van der Waals surface area contributed by atoms with E-state index >= 15 is 0 Å². The number of nitro groups is 1. The van der Waals surface area contributed by atoms with Gasteiger partial charge in [-0.3, -0.25) is 14.9 Å². The average molecular weight is 389 g/mol. The fourth-order valence-electron chi connectivity index (χ4n) is 3.50. The highest BCUT2D eigenvalue weighted by molar-refractivity contribution is 6.30. The first-order valence-electron chi connectivity index (χ1n) is 8.28. The SMILES string of the molecule is CC1c2cc(F)ccc2CCN1C(=O)c1cc2c([N+](=O)[O-])cc(Cl)cn2n1. The molecule has 9 heteroatoms. The molecule has 1 amide bonds. The Morgan fingerprint density at radius 1 is 1.37 bits per heavy atom. The van der Waals surface area contributed by atoms with Crippen LogP contribution < -0.4 is 0 Å². The quantitative estimate of drug-likeness (QED) is 0.494. The maximum Gasteiger partial charge on any atom is 0.296 e. The molecule has 0 spiro atoms. The van der Waals surface area contributed by atoms with E-state index in [-0.39, 0.29) is 39.7 Å². The van der Waals surface area contributed by atoms with Crippen molar-refractivity contribution in [1.82, 2.24) is 14.5 Å². The van der Waals surface area contributed by atoms with Crippen molar-refractivity contribution in [2.24, 2.45) is 0 Å². The maximum atomic E-state index is 13.6. The minimum absolute atomic E-state index is 0.0760. The number of hydrogen-bond donors (Lipinski definition) is 0. The fraction of sp³-hybridized carbons (Fsp3) is 0.222. The topological polar surface area (TPSA) is 80.8 Å². The molecule has 1 unspecified atom stereocenters. The van der Waals surface area contributed by atoms with Crippen molar-refractivity contribution in [3.05, 3.63) is 74.3 Å². The van der Waals surface area contributed by atoms with Gasteiger partial charge in [0.25, 0.3) is 11.6 Å². The van der Waals surface area contributed by atoms with E-state index in [4.69, 9.17) is 11.6 Å². The van der Waals surface area contributed by atoms with Crippen LogP contribution in [0.1, 0.15) is 34.6 Å². The second kappa shape index (κ2) is 6.31. The first-order chi connectivity index (χ1) is 12.8. The van der Waals surface area contributed by atoms with E-state index in [1.165, 1.54) is 35.0 Å². The molecule has 2 aromatic heterocycles. The predicted molar refractivity (Wildman–Crippen MR) is 96.4 cm³/mol. The molecule has 0 bridgehead atoms. The molecule has 4 rings (SSSR count). The number of halogens is 2. The van der Waals surface area contributed by atoms with Crippen LogP contribution in [-0.2, 0) is 6.42 Å². The summed E-state index contributed by atoms with van der Waals surface area (Å²) in [5, 5.41) is 15.6. The van der Waals surface area contributed by atoms with Gasteiger partial charge in [0.1, 0.15) is 11.3 Å². The molecule has 0 fully saturated rings. The molecule has 0 radical (unpaired) electrons. The summed E-state index contributed by atoms with van der Waals surface area (Å²) in [6, 6.07) is 6.85. The number of rotatable bonds is 2. The van der Waals surface area contributed by atoms with Gasteiger partial charge in [0, 0.05) is 24.9 Å². The lowest BCUT2D eigenvalue weighted by Gasteiger charge is -2.34. The Hall–Kier alpha value is -3.00. The number of carbonyl (C=O) groups is 1. The molecule has 3 aromatic rings. The molecule has 3 heterocycles. The number of amides is 1. The van der Waals surface area contributed by atoms with Crippen LogP contribution in [0.15, 0.2) is 36.5 Å². The Kier molecular flexibility index (Phi) is 4.07. The third kappa shape index (κ3) is 2.91. The van der Waals surface area contributed by atoms with Crippen molar-refractivity contribution in [3.8, 4) is 0 Å². The number of aromatic nitrogens is 2. The standard InChI is InChI=1S/C18H14ClFN4O3/c1-10-14-7-13(20)3-2-11(14)4-5-22(10)18(25)15-8-16-17(24(26)27)6-12(19)9-23(16)21-15/h2-3,6-10H,4-5H2,1H3. The minimum Gasteiger partial charge on any atom is -0.330 e. The monoisotopic (exact) mass is 388 g/mol. The summed E-state index contributed by atoms with van der Waals surface area (Å²) in [6.07, 6.45) is 2.01. The molecule has 0 aliphatic carbocycles. The first kappa shape index (κ1) is 17.4. The molecule has 1 aromatic carbocycles. The normalized spacial score (nSPS) is 16.4. The average Bonchev–Trinajstić information content (AvgIpc) is 3.05. The summed E-state index contributed by atoms with van der Waals surface area (Å²) in [7, 11) is 0. The summed E-state index contributed by atoms with van der Waals surface area (Å²) in [5.74, 6) is -0.723. The maximum absolute atomic E-state index is 13.6. The van der Waals surface area contributed by atoms with Crippen LogP contribution in [0.25, 0.3) is 5.52 Å². The van der Waals surface area contributed by atoms with Crippen LogP contribution >= 0.6 is 11.6 Å². The molecule has 1 aliphatic heterocycles. The Morgan fingerprint density at radius 3 is 2.89 bits per heavy atom. The summed E-state index contributed by atoms with van der Waals surface area (Å²) < 4.78 is 14.9. The summed E-state index contributed by atoms with van der Waals surface area (Å²) in [5.41, 5.74) is 1.79. The minimum atomic E-state index is -0.570. The van der Waals surface area contributed by atoms with Gasteiger partial charge >= 0.3 is 0 Å². The van der Waals surface area contributed by atoms with Crippen molar-refractivity contribution < 1.29 is 14.1 Å². The number of hydrogen-bond acceptors (Lipinski definition) is 4. The molecule has 0 saturated carbocycles. The molecule has 138 valence electrons. The zero-order valence-electron chi connectivity index (χ0n) is 14.2. The van der Waals surface area contributed by atoms with Crippen molar-refractivity contribution in [2.75, 3.05) is 6.54 Å². The van der Waals surface area contributed by atoms with E-state index < -0.39 is 4.92 Å². The van der Waals surface area contributed by atoms with E-state index in [1.54, 1.807) is 11.0 Å².